The smallest absolute Gasteiger partial charge is 0.257 e. The van der Waals surface area contributed by atoms with Crippen molar-refractivity contribution in [2.45, 2.75) is 77.5 Å². The van der Waals surface area contributed by atoms with Crippen LogP contribution in [0.25, 0.3) is 0 Å². The number of hydrogen-bond acceptors (Lipinski definition) is 6. The zero-order valence-corrected chi connectivity index (χ0v) is 20.8. The van der Waals surface area contributed by atoms with Crippen LogP contribution in [0.3, 0.4) is 0 Å². The summed E-state index contributed by atoms with van der Waals surface area (Å²) in [6, 6.07) is 1.79. The van der Waals surface area contributed by atoms with E-state index in [1.807, 2.05) is 4.90 Å². The number of ether oxygens (including phenoxy) is 1. The summed E-state index contributed by atoms with van der Waals surface area (Å²) in [5, 5.41) is 8.34. The van der Waals surface area contributed by atoms with Crippen LogP contribution in [0.5, 0.6) is 0 Å². The quantitative estimate of drug-likeness (QED) is 0.644. The Hall–Kier alpha value is -2.67. The number of aromatic nitrogens is 1. The molecule has 3 aliphatic rings. The van der Waals surface area contributed by atoms with Crippen LogP contribution in [-0.4, -0.2) is 53.3 Å². The number of nitrogens with one attached hydrogen (secondary N) is 1. The molecule has 1 N–H and O–H groups in total. The molecule has 0 unspecified atom stereocenters. The molecule has 1 aliphatic carbocycles. The molecule has 2 aliphatic heterocycles. The molecule has 1 amide bonds. The maximum absolute atomic E-state index is 13.2. The summed E-state index contributed by atoms with van der Waals surface area (Å²) in [6.45, 7) is 11.2. The summed E-state index contributed by atoms with van der Waals surface area (Å²) in [5.74, 6) is 1.71. The maximum atomic E-state index is 13.2. The third-order valence-corrected chi connectivity index (χ3v) is 7.83. The summed E-state index contributed by atoms with van der Waals surface area (Å²) in [7, 11) is 0. The summed E-state index contributed by atoms with van der Waals surface area (Å²) in [5.41, 5.74) is 4.88. The van der Waals surface area contributed by atoms with Gasteiger partial charge in [-0.05, 0) is 44.2 Å². The molecule has 2 fully saturated rings. The molecule has 0 radical (unpaired) electrons. The number of rotatable bonds is 5. The van der Waals surface area contributed by atoms with Crippen molar-refractivity contribution in [2.24, 2.45) is 5.92 Å². The molecular formula is C27H36N4O3. The molecule has 34 heavy (non-hydrogen) atoms. The highest BCUT2D eigenvalue weighted by Gasteiger charge is 2.38. The Morgan fingerprint density at radius 2 is 2.06 bits per heavy atom. The second-order valence-electron chi connectivity index (χ2n) is 11.0. The Bertz CT molecular complexity index is 1070. The number of piperazine rings is 1. The summed E-state index contributed by atoms with van der Waals surface area (Å²) in [4.78, 5) is 22.7. The van der Waals surface area contributed by atoms with Gasteiger partial charge in [0.2, 0.25) is 0 Å². The van der Waals surface area contributed by atoms with Gasteiger partial charge in [-0.1, -0.05) is 20.3 Å². The molecule has 2 aromatic rings. The van der Waals surface area contributed by atoms with E-state index in [-0.39, 0.29) is 23.5 Å². The normalized spacial score (nSPS) is 22.4. The van der Waals surface area contributed by atoms with E-state index in [0.717, 1.165) is 17.8 Å². The van der Waals surface area contributed by atoms with E-state index in [1.54, 1.807) is 12.3 Å². The predicted octanol–water partition coefficient (Wildman–Crippen LogP) is 4.78. The second-order valence-corrected chi connectivity index (χ2v) is 11.0. The molecule has 0 aromatic carbocycles. The number of nitrogens with zero attached hydrogens (tertiary/aromatic N) is 3. The Morgan fingerprint density at radius 3 is 2.68 bits per heavy atom. The van der Waals surface area contributed by atoms with E-state index in [4.69, 9.17) is 19.5 Å². The van der Waals surface area contributed by atoms with E-state index >= 15 is 0 Å². The first-order chi connectivity index (χ1) is 16.3. The van der Waals surface area contributed by atoms with Gasteiger partial charge in [0.1, 0.15) is 12.1 Å². The standard InChI is InChI=1S/C27H36N4O3/c1-17(2)23-14-30(9-10-31(23)26(32)19-8-11-33-15-19)25-21(13-28)20-12-27(3,4)34-16-22(20)24(29-25)18-6-5-7-18/h8,11,13,15,17-18,23,28H,5-7,9-10,12,14,16H2,1-4H3/t23-/m0/s1. The molecule has 1 saturated heterocycles. The minimum absolute atomic E-state index is 0.0202. The lowest BCUT2D eigenvalue weighted by molar-refractivity contribution is -0.0409. The topological polar surface area (TPSA) is 82.7 Å². The molecule has 5 rings (SSSR count). The molecule has 0 bridgehead atoms. The van der Waals surface area contributed by atoms with Crippen molar-refractivity contribution in [3.05, 3.63) is 46.5 Å². The first-order valence-electron chi connectivity index (χ1n) is 12.6. The molecule has 1 saturated carbocycles. The Kier molecular flexibility index (Phi) is 6.00. The van der Waals surface area contributed by atoms with Gasteiger partial charge in [-0.25, -0.2) is 4.98 Å². The van der Waals surface area contributed by atoms with Gasteiger partial charge in [0.25, 0.3) is 5.91 Å². The molecule has 0 spiro atoms. The van der Waals surface area contributed by atoms with Gasteiger partial charge in [0.05, 0.1) is 35.8 Å². The SMILES string of the molecule is CC(C)[C@@H]1CN(c2nc(C3CCC3)c3c(c2C=N)CC(C)(C)OC3)CCN1C(=O)c1ccoc1. The van der Waals surface area contributed by atoms with Gasteiger partial charge < -0.3 is 24.4 Å². The van der Waals surface area contributed by atoms with Crippen LogP contribution < -0.4 is 4.90 Å². The number of hydrogen-bond donors (Lipinski definition) is 1. The van der Waals surface area contributed by atoms with Crippen molar-refractivity contribution in [3.63, 3.8) is 0 Å². The van der Waals surface area contributed by atoms with Gasteiger partial charge in [-0.2, -0.15) is 0 Å². The predicted molar refractivity (Wildman–Crippen MR) is 132 cm³/mol. The highest BCUT2D eigenvalue weighted by molar-refractivity contribution is 5.94. The molecule has 2 aromatic heterocycles. The molecule has 1 atom stereocenters. The molecule has 4 heterocycles. The molecule has 182 valence electrons. The lowest BCUT2D eigenvalue weighted by Crippen LogP contribution is -2.57. The highest BCUT2D eigenvalue weighted by atomic mass is 16.5. The summed E-state index contributed by atoms with van der Waals surface area (Å²) >= 11 is 0. The van der Waals surface area contributed by atoms with Crippen LogP contribution in [0.4, 0.5) is 5.82 Å². The monoisotopic (exact) mass is 464 g/mol. The minimum Gasteiger partial charge on any atom is -0.472 e. The van der Waals surface area contributed by atoms with Crippen molar-refractivity contribution in [1.82, 2.24) is 9.88 Å². The number of anilines is 1. The zero-order chi connectivity index (χ0) is 24.0. The van der Waals surface area contributed by atoms with E-state index < -0.39 is 0 Å². The van der Waals surface area contributed by atoms with E-state index in [0.29, 0.717) is 37.7 Å². The van der Waals surface area contributed by atoms with Crippen molar-refractivity contribution in [3.8, 4) is 0 Å². The first-order valence-corrected chi connectivity index (χ1v) is 12.6. The molecule has 7 nitrogen and oxygen atoms in total. The van der Waals surface area contributed by atoms with Crippen molar-refractivity contribution >= 4 is 17.9 Å². The third-order valence-electron chi connectivity index (χ3n) is 7.83. The fraction of sp³-hybridized carbons (Fsp3) is 0.593. The minimum atomic E-state index is -0.254. The average molecular weight is 465 g/mol. The van der Waals surface area contributed by atoms with Gasteiger partial charge in [-0.3, -0.25) is 4.79 Å². The number of pyridine rings is 1. The van der Waals surface area contributed by atoms with Gasteiger partial charge in [0.15, 0.2) is 0 Å². The second kappa shape index (κ2) is 8.84. The first kappa shape index (κ1) is 23.1. The van der Waals surface area contributed by atoms with Crippen molar-refractivity contribution in [1.29, 1.82) is 5.41 Å². The van der Waals surface area contributed by atoms with E-state index in [1.165, 1.54) is 48.6 Å². The Morgan fingerprint density at radius 1 is 1.26 bits per heavy atom. The highest BCUT2D eigenvalue weighted by Crippen LogP contribution is 2.43. The summed E-state index contributed by atoms with van der Waals surface area (Å²) < 4.78 is 11.3. The van der Waals surface area contributed by atoms with Crippen LogP contribution in [0.1, 0.15) is 85.6 Å². The lowest BCUT2D eigenvalue weighted by atomic mass is 9.78. The van der Waals surface area contributed by atoms with Crippen LogP contribution in [0.2, 0.25) is 0 Å². The number of amides is 1. The van der Waals surface area contributed by atoms with Crippen LogP contribution in [0.15, 0.2) is 23.0 Å². The van der Waals surface area contributed by atoms with E-state index in [2.05, 4.69) is 32.6 Å². The van der Waals surface area contributed by atoms with Gasteiger partial charge >= 0.3 is 0 Å². The lowest BCUT2D eigenvalue weighted by Gasteiger charge is -2.45. The average Bonchev–Trinajstić information content (AvgIpc) is 3.31. The third kappa shape index (κ3) is 4.04. The summed E-state index contributed by atoms with van der Waals surface area (Å²) in [6.07, 6.45) is 8.95. The maximum Gasteiger partial charge on any atom is 0.257 e. The fourth-order valence-electron chi connectivity index (χ4n) is 5.59. The van der Waals surface area contributed by atoms with Crippen LogP contribution in [0, 0.1) is 11.3 Å². The largest absolute Gasteiger partial charge is 0.472 e. The number of carbonyl (C=O) groups is 1. The molecular weight excluding hydrogens is 428 g/mol. The fourth-order valence-corrected chi connectivity index (χ4v) is 5.59. The van der Waals surface area contributed by atoms with Crippen LogP contribution in [-0.2, 0) is 17.8 Å². The molecule has 7 heteroatoms. The van der Waals surface area contributed by atoms with Crippen LogP contribution >= 0.6 is 0 Å². The number of fused-ring (bicyclic) bond motifs is 1. The van der Waals surface area contributed by atoms with Crippen molar-refractivity contribution < 1.29 is 13.9 Å². The Labute approximate surface area is 202 Å². The Balaban J connectivity index is 1.52. The van der Waals surface area contributed by atoms with E-state index in [9.17, 15) is 4.79 Å². The van der Waals surface area contributed by atoms with Gasteiger partial charge in [-0.15, -0.1) is 0 Å². The number of furan rings is 1. The zero-order valence-electron chi connectivity index (χ0n) is 20.8. The van der Waals surface area contributed by atoms with Crippen molar-refractivity contribution in [2.75, 3.05) is 24.5 Å². The van der Waals surface area contributed by atoms with Gasteiger partial charge in [0, 0.05) is 49.3 Å². The number of carbonyl (C=O) groups excluding carboxylic acids is 1.